The van der Waals surface area contributed by atoms with Gasteiger partial charge in [-0.2, -0.15) is 5.26 Å². The maximum absolute atomic E-state index is 11.4. The molecule has 6 heteroatoms. The first-order chi connectivity index (χ1) is 8.34. The van der Waals surface area contributed by atoms with Gasteiger partial charge in [0.15, 0.2) is 5.03 Å². The molecule has 0 aliphatic heterocycles. The van der Waals surface area contributed by atoms with Gasteiger partial charge in [-0.3, -0.25) is 0 Å². The predicted molar refractivity (Wildman–Crippen MR) is 69.0 cm³/mol. The summed E-state index contributed by atoms with van der Waals surface area (Å²) < 4.78 is 22.9. The van der Waals surface area contributed by atoms with Crippen molar-refractivity contribution < 1.29 is 8.42 Å². The van der Waals surface area contributed by atoms with E-state index in [1.807, 2.05) is 25.1 Å². The lowest BCUT2D eigenvalue weighted by Gasteiger charge is -2.08. The van der Waals surface area contributed by atoms with Crippen LogP contribution in [0.15, 0.2) is 23.2 Å². The zero-order valence-electron chi connectivity index (χ0n) is 9.73. The van der Waals surface area contributed by atoms with Crippen molar-refractivity contribution in [2.75, 3.05) is 0 Å². The average molecular weight is 281 g/mol. The van der Waals surface area contributed by atoms with Crippen LogP contribution in [-0.2, 0) is 9.05 Å². The summed E-state index contributed by atoms with van der Waals surface area (Å²) in [5.74, 6) is 0. The summed E-state index contributed by atoms with van der Waals surface area (Å²) in [6, 6.07) is 7.26. The third-order valence-corrected chi connectivity index (χ3v) is 3.91. The van der Waals surface area contributed by atoms with Crippen LogP contribution in [0.5, 0.6) is 0 Å². The number of aromatic nitrogens is 1. The normalized spacial score (nSPS) is 11.4. The van der Waals surface area contributed by atoms with Gasteiger partial charge in [0.25, 0.3) is 9.05 Å². The first kappa shape index (κ1) is 12.8. The Bertz CT molecular complexity index is 792. The Morgan fingerprint density at radius 2 is 2.00 bits per heavy atom. The van der Waals surface area contributed by atoms with Crippen LogP contribution in [0.25, 0.3) is 10.9 Å². The molecule has 0 atom stereocenters. The molecule has 1 aromatic carbocycles. The summed E-state index contributed by atoms with van der Waals surface area (Å²) in [5.41, 5.74) is 2.10. The Labute approximate surface area is 109 Å². The monoisotopic (exact) mass is 280 g/mol. The first-order valence-electron chi connectivity index (χ1n) is 5.10. The fraction of sp³-hybridized carbons (Fsp3) is 0.167. The van der Waals surface area contributed by atoms with Crippen molar-refractivity contribution in [1.82, 2.24) is 4.98 Å². The molecule has 2 rings (SSSR count). The number of halogens is 1. The summed E-state index contributed by atoms with van der Waals surface area (Å²) in [7, 11) is 1.27. The Balaban J connectivity index is 3.01. The molecule has 0 aliphatic carbocycles. The van der Waals surface area contributed by atoms with Crippen molar-refractivity contribution in [2.45, 2.75) is 18.9 Å². The Kier molecular flexibility index (Phi) is 3.01. The zero-order chi connectivity index (χ0) is 13.5. The van der Waals surface area contributed by atoms with Crippen LogP contribution in [-0.4, -0.2) is 13.4 Å². The van der Waals surface area contributed by atoms with Gasteiger partial charge >= 0.3 is 0 Å². The molecule has 0 radical (unpaired) electrons. The largest absolute Gasteiger partial charge is 0.280 e. The molecule has 1 aromatic heterocycles. The highest BCUT2D eigenvalue weighted by molar-refractivity contribution is 8.13. The fourth-order valence-corrected chi connectivity index (χ4v) is 2.80. The Morgan fingerprint density at radius 3 is 2.56 bits per heavy atom. The topological polar surface area (TPSA) is 70.8 Å². The van der Waals surface area contributed by atoms with E-state index in [0.29, 0.717) is 11.1 Å². The average Bonchev–Trinajstić information content (AvgIpc) is 2.28. The molecule has 2 aromatic rings. The van der Waals surface area contributed by atoms with E-state index >= 15 is 0 Å². The second-order valence-electron chi connectivity index (χ2n) is 3.99. The molecule has 0 N–H and O–H groups in total. The van der Waals surface area contributed by atoms with Gasteiger partial charge in [-0.1, -0.05) is 11.6 Å². The summed E-state index contributed by atoms with van der Waals surface area (Å²) in [4.78, 5) is 3.98. The number of nitrogens with zero attached hydrogens (tertiary/aromatic N) is 2. The van der Waals surface area contributed by atoms with Gasteiger partial charge in [-0.15, -0.1) is 0 Å². The van der Waals surface area contributed by atoms with Gasteiger partial charge in [0.05, 0.1) is 11.1 Å². The predicted octanol–water partition coefficient (Wildman–Crippen LogP) is 2.65. The minimum atomic E-state index is -4.03. The van der Waals surface area contributed by atoms with Crippen LogP contribution in [0.3, 0.4) is 0 Å². The maximum atomic E-state index is 11.4. The number of nitriles is 1. The van der Waals surface area contributed by atoms with E-state index in [1.165, 1.54) is 0 Å². The minimum absolute atomic E-state index is 0.00287. The summed E-state index contributed by atoms with van der Waals surface area (Å²) in [6.07, 6.45) is 0. The van der Waals surface area contributed by atoms with Crippen LogP contribution >= 0.6 is 10.7 Å². The van der Waals surface area contributed by atoms with E-state index in [4.69, 9.17) is 15.9 Å². The SMILES string of the molecule is Cc1ccc2nc(S(=O)(=O)Cl)c(C#N)c(C)c2c1. The minimum Gasteiger partial charge on any atom is -0.234 e. The molecule has 0 aliphatic rings. The number of aryl methyl sites for hydroxylation is 2. The highest BCUT2D eigenvalue weighted by Gasteiger charge is 2.21. The van der Waals surface area contributed by atoms with Gasteiger partial charge in [-0.25, -0.2) is 13.4 Å². The van der Waals surface area contributed by atoms with Crippen molar-refractivity contribution in [1.29, 1.82) is 5.26 Å². The second kappa shape index (κ2) is 4.23. The number of benzene rings is 1. The van der Waals surface area contributed by atoms with Crippen LogP contribution in [0.2, 0.25) is 0 Å². The van der Waals surface area contributed by atoms with Crippen molar-refractivity contribution >= 4 is 30.6 Å². The van der Waals surface area contributed by atoms with E-state index in [1.54, 1.807) is 13.0 Å². The van der Waals surface area contributed by atoms with Crippen molar-refractivity contribution in [2.24, 2.45) is 0 Å². The van der Waals surface area contributed by atoms with Gasteiger partial charge in [-0.05, 0) is 31.5 Å². The van der Waals surface area contributed by atoms with Gasteiger partial charge in [0.1, 0.15) is 6.07 Å². The number of fused-ring (bicyclic) bond motifs is 1. The summed E-state index contributed by atoms with van der Waals surface area (Å²) in [5, 5.41) is 9.46. The molecule has 0 fully saturated rings. The molecular formula is C12H9ClN2O2S. The molecule has 0 spiro atoms. The second-order valence-corrected chi connectivity index (χ2v) is 6.47. The molecule has 4 nitrogen and oxygen atoms in total. The molecule has 0 saturated carbocycles. The molecular weight excluding hydrogens is 272 g/mol. The first-order valence-corrected chi connectivity index (χ1v) is 7.41. The number of hydrogen-bond acceptors (Lipinski definition) is 4. The van der Waals surface area contributed by atoms with E-state index in [0.717, 1.165) is 10.9 Å². The number of rotatable bonds is 1. The lowest BCUT2D eigenvalue weighted by molar-refractivity contribution is 0.606. The van der Waals surface area contributed by atoms with Gasteiger partial charge in [0.2, 0.25) is 0 Å². The van der Waals surface area contributed by atoms with Crippen molar-refractivity contribution in [3.63, 3.8) is 0 Å². The maximum Gasteiger partial charge on any atom is 0.280 e. The molecule has 18 heavy (non-hydrogen) atoms. The van der Waals surface area contributed by atoms with Gasteiger partial charge in [0, 0.05) is 16.1 Å². The zero-order valence-corrected chi connectivity index (χ0v) is 11.3. The molecule has 1 heterocycles. The van der Waals surface area contributed by atoms with Crippen molar-refractivity contribution in [3.8, 4) is 6.07 Å². The summed E-state index contributed by atoms with van der Waals surface area (Å²) >= 11 is 0. The molecule has 92 valence electrons. The van der Waals surface area contributed by atoms with E-state index in [9.17, 15) is 8.42 Å². The smallest absolute Gasteiger partial charge is 0.234 e. The molecule has 0 bridgehead atoms. The summed E-state index contributed by atoms with van der Waals surface area (Å²) in [6.45, 7) is 3.60. The van der Waals surface area contributed by atoms with Crippen LogP contribution < -0.4 is 0 Å². The fourth-order valence-electron chi connectivity index (χ4n) is 1.82. The third-order valence-electron chi connectivity index (χ3n) is 2.71. The van der Waals surface area contributed by atoms with Crippen LogP contribution in [0.4, 0.5) is 0 Å². The van der Waals surface area contributed by atoms with Crippen LogP contribution in [0, 0.1) is 25.2 Å². The van der Waals surface area contributed by atoms with Gasteiger partial charge < -0.3 is 0 Å². The third kappa shape index (κ3) is 2.05. The highest BCUT2D eigenvalue weighted by Crippen LogP contribution is 2.27. The lowest BCUT2D eigenvalue weighted by atomic mass is 10.0. The quantitative estimate of drug-likeness (QED) is 0.753. The van der Waals surface area contributed by atoms with Crippen molar-refractivity contribution in [3.05, 3.63) is 34.9 Å². The highest BCUT2D eigenvalue weighted by atomic mass is 35.7. The molecule has 0 amide bonds. The standard InChI is InChI=1S/C12H9ClN2O2S/c1-7-3-4-11-9(5-7)8(2)10(6-14)12(15-11)18(13,16)17/h3-5H,1-2H3. The molecule has 0 unspecified atom stereocenters. The van der Waals surface area contributed by atoms with E-state index < -0.39 is 9.05 Å². The lowest BCUT2D eigenvalue weighted by Crippen LogP contribution is -2.02. The van der Waals surface area contributed by atoms with Crippen LogP contribution in [0.1, 0.15) is 16.7 Å². The van der Waals surface area contributed by atoms with E-state index in [-0.39, 0.29) is 10.6 Å². The molecule has 0 saturated heterocycles. The number of pyridine rings is 1. The Morgan fingerprint density at radius 1 is 1.33 bits per heavy atom. The Hall–Kier alpha value is -1.64. The van der Waals surface area contributed by atoms with E-state index in [2.05, 4.69) is 4.98 Å². The number of hydrogen-bond donors (Lipinski definition) is 0.